The number of nitrogens with one attached hydrogen (secondary N) is 2. The third-order valence-corrected chi connectivity index (χ3v) is 2.64. The summed E-state index contributed by atoms with van der Waals surface area (Å²) in [6.45, 7) is 1.02. The Morgan fingerprint density at radius 2 is 2.32 bits per heavy atom. The molecule has 100 valence electrons. The number of aromatic nitrogens is 2. The molecule has 1 heterocycles. The normalized spacial score (nSPS) is 10.4. The average molecular weight is 262 g/mol. The van der Waals surface area contributed by atoms with Gasteiger partial charge in [-0.1, -0.05) is 0 Å². The van der Waals surface area contributed by atoms with E-state index in [-0.39, 0.29) is 5.69 Å². The molecule has 0 radical (unpaired) electrons. The van der Waals surface area contributed by atoms with Gasteiger partial charge in [0.1, 0.15) is 11.6 Å². The van der Waals surface area contributed by atoms with Crippen LogP contribution in [-0.2, 0) is 13.1 Å². The van der Waals surface area contributed by atoms with Crippen LogP contribution in [0.15, 0.2) is 30.6 Å². The molecular weight excluding hydrogens is 248 g/mol. The van der Waals surface area contributed by atoms with Crippen molar-refractivity contribution in [3.8, 4) is 5.75 Å². The molecule has 0 unspecified atom stereocenters. The number of nitro groups is 1. The zero-order valence-corrected chi connectivity index (χ0v) is 10.4. The van der Waals surface area contributed by atoms with E-state index in [2.05, 4.69) is 15.3 Å². The fourth-order valence-electron chi connectivity index (χ4n) is 1.73. The van der Waals surface area contributed by atoms with Crippen LogP contribution in [0.5, 0.6) is 5.75 Å². The molecule has 0 atom stereocenters. The Balaban J connectivity index is 2.04. The molecule has 0 aliphatic rings. The number of methoxy groups -OCH3 is 1. The third-order valence-electron chi connectivity index (χ3n) is 2.64. The van der Waals surface area contributed by atoms with Crippen LogP contribution in [0.25, 0.3) is 0 Å². The van der Waals surface area contributed by atoms with Gasteiger partial charge in [-0.15, -0.1) is 0 Å². The summed E-state index contributed by atoms with van der Waals surface area (Å²) in [4.78, 5) is 17.4. The maximum atomic E-state index is 10.7. The van der Waals surface area contributed by atoms with Gasteiger partial charge in [-0.3, -0.25) is 10.1 Å². The van der Waals surface area contributed by atoms with Gasteiger partial charge in [0, 0.05) is 36.6 Å². The summed E-state index contributed by atoms with van der Waals surface area (Å²) in [5, 5.41) is 13.9. The van der Waals surface area contributed by atoms with E-state index in [4.69, 9.17) is 4.74 Å². The highest BCUT2D eigenvalue weighted by Gasteiger charge is 2.11. The SMILES string of the molecule is COc1ccc([N+](=O)[O-])cc1CNCc1ncc[nH]1. The fourth-order valence-corrected chi connectivity index (χ4v) is 1.73. The minimum Gasteiger partial charge on any atom is -0.496 e. The van der Waals surface area contributed by atoms with Gasteiger partial charge in [0.15, 0.2) is 0 Å². The van der Waals surface area contributed by atoms with Crippen LogP contribution >= 0.6 is 0 Å². The quantitative estimate of drug-likeness (QED) is 0.609. The van der Waals surface area contributed by atoms with Crippen molar-refractivity contribution in [3.63, 3.8) is 0 Å². The average Bonchev–Trinajstić information content (AvgIpc) is 2.91. The predicted octanol–water partition coefficient (Wildman–Crippen LogP) is 1.62. The molecule has 0 amide bonds. The molecule has 2 N–H and O–H groups in total. The fraction of sp³-hybridized carbons (Fsp3) is 0.250. The highest BCUT2D eigenvalue weighted by atomic mass is 16.6. The van der Waals surface area contributed by atoms with Gasteiger partial charge < -0.3 is 15.0 Å². The lowest BCUT2D eigenvalue weighted by Crippen LogP contribution is -2.14. The van der Waals surface area contributed by atoms with Gasteiger partial charge in [0.05, 0.1) is 18.6 Å². The molecule has 0 saturated carbocycles. The van der Waals surface area contributed by atoms with E-state index in [1.165, 1.54) is 19.2 Å². The lowest BCUT2D eigenvalue weighted by Gasteiger charge is -2.08. The molecule has 7 heteroatoms. The summed E-state index contributed by atoms with van der Waals surface area (Å²) >= 11 is 0. The summed E-state index contributed by atoms with van der Waals surface area (Å²) < 4.78 is 5.18. The first-order valence-electron chi connectivity index (χ1n) is 5.71. The van der Waals surface area contributed by atoms with Crippen molar-refractivity contribution in [3.05, 3.63) is 52.1 Å². The van der Waals surface area contributed by atoms with Crippen molar-refractivity contribution in [1.29, 1.82) is 0 Å². The summed E-state index contributed by atoms with van der Waals surface area (Å²) in [7, 11) is 1.54. The molecule has 19 heavy (non-hydrogen) atoms. The second kappa shape index (κ2) is 5.96. The van der Waals surface area contributed by atoms with Crippen molar-refractivity contribution in [2.45, 2.75) is 13.1 Å². The minimum absolute atomic E-state index is 0.0515. The minimum atomic E-state index is -0.421. The summed E-state index contributed by atoms with van der Waals surface area (Å²) in [6.07, 6.45) is 3.41. The van der Waals surface area contributed by atoms with E-state index in [1.54, 1.807) is 18.5 Å². The maximum absolute atomic E-state index is 10.7. The van der Waals surface area contributed by atoms with Gasteiger partial charge in [-0.05, 0) is 6.07 Å². The number of nitro benzene ring substituents is 1. The number of H-pyrrole nitrogens is 1. The number of aromatic amines is 1. The summed E-state index contributed by atoms with van der Waals surface area (Å²) in [6, 6.07) is 4.53. The van der Waals surface area contributed by atoms with Gasteiger partial charge >= 0.3 is 0 Å². The van der Waals surface area contributed by atoms with Gasteiger partial charge in [0.25, 0.3) is 5.69 Å². The second-order valence-corrected chi connectivity index (χ2v) is 3.89. The number of hydrogen-bond acceptors (Lipinski definition) is 5. The molecular formula is C12H14N4O3. The molecule has 0 bridgehead atoms. The van der Waals surface area contributed by atoms with Crippen LogP contribution in [0, 0.1) is 10.1 Å². The van der Waals surface area contributed by atoms with Crippen molar-refractivity contribution in [1.82, 2.24) is 15.3 Å². The second-order valence-electron chi connectivity index (χ2n) is 3.89. The summed E-state index contributed by atoms with van der Waals surface area (Å²) in [5.41, 5.74) is 0.791. The standard InChI is InChI=1S/C12H14N4O3/c1-19-11-3-2-10(16(17)18)6-9(11)7-13-8-12-14-4-5-15-12/h2-6,13H,7-8H2,1H3,(H,14,15). The van der Waals surface area contributed by atoms with E-state index in [1.807, 2.05) is 0 Å². The molecule has 2 rings (SSSR count). The summed E-state index contributed by atoms with van der Waals surface area (Å²) in [5.74, 6) is 1.43. The lowest BCUT2D eigenvalue weighted by molar-refractivity contribution is -0.384. The highest BCUT2D eigenvalue weighted by molar-refractivity contribution is 5.43. The highest BCUT2D eigenvalue weighted by Crippen LogP contribution is 2.23. The number of rotatable bonds is 6. The van der Waals surface area contributed by atoms with Gasteiger partial charge in [-0.2, -0.15) is 0 Å². The lowest BCUT2D eigenvalue weighted by atomic mass is 10.1. The molecule has 1 aromatic heterocycles. The molecule has 0 saturated heterocycles. The van der Waals surface area contributed by atoms with Gasteiger partial charge in [0.2, 0.25) is 0 Å². The zero-order valence-electron chi connectivity index (χ0n) is 10.4. The molecule has 0 fully saturated rings. The largest absolute Gasteiger partial charge is 0.496 e. The number of ether oxygens (including phenoxy) is 1. The first kappa shape index (κ1) is 13.0. The van der Waals surface area contributed by atoms with Crippen LogP contribution in [-0.4, -0.2) is 22.0 Å². The number of benzene rings is 1. The van der Waals surface area contributed by atoms with Crippen LogP contribution in [0.1, 0.15) is 11.4 Å². The van der Waals surface area contributed by atoms with Crippen LogP contribution in [0.4, 0.5) is 5.69 Å². The molecule has 2 aromatic rings. The number of imidazole rings is 1. The molecule has 7 nitrogen and oxygen atoms in total. The Kier molecular flexibility index (Phi) is 4.09. The molecule has 0 aliphatic carbocycles. The van der Waals surface area contributed by atoms with Crippen LogP contribution in [0.3, 0.4) is 0 Å². The maximum Gasteiger partial charge on any atom is 0.270 e. The number of non-ortho nitro benzene ring substituents is 1. The van der Waals surface area contributed by atoms with E-state index in [9.17, 15) is 10.1 Å². The molecule has 0 spiro atoms. The van der Waals surface area contributed by atoms with E-state index in [0.717, 1.165) is 11.4 Å². The zero-order chi connectivity index (χ0) is 13.7. The van der Waals surface area contributed by atoms with E-state index >= 15 is 0 Å². The van der Waals surface area contributed by atoms with Crippen molar-refractivity contribution < 1.29 is 9.66 Å². The number of hydrogen-bond donors (Lipinski definition) is 2. The number of nitrogens with zero attached hydrogens (tertiary/aromatic N) is 2. The first-order chi connectivity index (χ1) is 9.20. The van der Waals surface area contributed by atoms with Crippen LogP contribution < -0.4 is 10.1 Å². The van der Waals surface area contributed by atoms with Crippen molar-refractivity contribution in [2.24, 2.45) is 0 Å². The molecule has 1 aromatic carbocycles. The van der Waals surface area contributed by atoms with Crippen LogP contribution in [0.2, 0.25) is 0 Å². The topological polar surface area (TPSA) is 93.1 Å². The Morgan fingerprint density at radius 1 is 1.47 bits per heavy atom. The predicted molar refractivity (Wildman–Crippen MR) is 68.8 cm³/mol. The monoisotopic (exact) mass is 262 g/mol. The van der Waals surface area contributed by atoms with Crippen molar-refractivity contribution in [2.75, 3.05) is 7.11 Å². The van der Waals surface area contributed by atoms with Gasteiger partial charge in [-0.25, -0.2) is 4.98 Å². The Morgan fingerprint density at radius 3 is 2.95 bits per heavy atom. The van der Waals surface area contributed by atoms with E-state index < -0.39 is 4.92 Å². The smallest absolute Gasteiger partial charge is 0.270 e. The van der Waals surface area contributed by atoms with E-state index in [0.29, 0.717) is 18.8 Å². The molecule has 0 aliphatic heterocycles. The Bertz CT molecular complexity index is 554. The Hall–Kier alpha value is -2.41. The Labute approximate surface area is 109 Å². The third kappa shape index (κ3) is 3.29. The first-order valence-corrected chi connectivity index (χ1v) is 5.71. The van der Waals surface area contributed by atoms with Crippen molar-refractivity contribution >= 4 is 5.69 Å².